The molecule has 1 aliphatic rings. The Kier molecular flexibility index (Phi) is 5.15. The van der Waals surface area contributed by atoms with Crippen molar-refractivity contribution in [2.75, 3.05) is 28.8 Å². The highest BCUT2D eigenvalue weighted by Crippen LogP contribution is 2.31. The van der Waals surface area contributed by atoms with Crippen LogP contribution in [0.1, 0.15) is 0 Å². The molecule has 2 aromatic carbocycles. The fourth-order valence-electron chi connectivity index (χ4n) is 2.94. The van der Waals surface area contributed by atoms with E-state index in [9.17, 15) is 22.0 Å². The van der Waals surface area contributed by atoms with E-state index in [1.165, 1.54) is 43.5 Å². The third kappa shape index (κ3) is 4.23. The number of sulfone groups is 1. The molecule has 1 amide bonds. The summed E-state index contributed by atoms with van der Waals surface area (Å²) >= 11 is 0. The van der Waals surface area contributed by atoms with Crippen LogP contribution in [0.4, 0.5) is 37.6 Å². The summed E-state index contributed by atoms with van der Waals surface area (Å²) < 4.78 is 57.1. The van der Waals surface area contributed by atoms with E-state index in [2.05, 4.69) is 25.9 Å². The molecular weight excluding hydrogens is 432 g/mol. The predicted octanol–water partition coefficient (Wildman–Crippen LogP) is 2.98. The van der Waals surface area contributed by atoms with Gasteiger partial charge in [-0.05, 0) is 30.3 Å². The van der Waals surface area contributed by atoms with Crippen LogP contribution in [0.5, 0.6) is 5.75 Å². The van der Waals surface area contributed by atoms with Gasteiger partial charge in [-0.3, -0.25) is 4.79 Å². The van der Waals surface area contributed by atoms with Crippen molar-refractivity contribution in [1.82, 2.24) is 9.97 Å². The number of amides is 1. The van der Waals surface area contributed by atoms with Gasteiger partial charge in [0, 0.05) is 17.4 Å². The summed E-state index contributed by atoms with van der Waals surface area (Å²) in [5, 5.41) is 7.94. The Morgan fingerprint density at radius 1 is 1.06 bits per heavy atom. The Labute approximate surface area is 175 Å². The van der Waals surface area contributed by atoms with Crippen LogP contribution in [0, 0.1) is 11.6 Å². The number of fused-ring (bicyclic) bond motifs is 1. The molecule has 0 spiro atoms. The lowest BCUT2D eigenvalue weighted by Crippen LogP contribution is -2.29. The fraction of sp³-hybridized carbons (Fsp3) is 0.105. The molecule has 3 N–H and O–H groups in total. The zero-order valence-electron chi connectivity index (χ0n) is 15.9. The first-order valence-corrected chi connectivity index (χ1v) is 10.5. The lowest BCUT2D eigenvalue weighted by atomic mass is 10.2. The van der Waals surface area contributed by atoms with Gasteiger partial charge in [0.15, 0.2) is 33.0 Å². The van der Waals surface area contributed by atoms with Crippen LogP contribution in [0.15, 0.2) is 47.5 Å². The Balaban J connectivity index is 1.59. The molecule has 0 bridgehead atoms. The number of carbonyl (C=O) groups excluding carboxylic acids is 1. The van der Waals surface area contributed by atoms with Gasteiger partial charge in [-0.25, -0.2) is 22.2 Å². The number of aromatic nitrogens is 2. The molecule has 0 unspecified atom stereocenters. The molecule has 0 radical (unpaired) electrons. The summed E-state index contributed by atoms with van der Waals surface area (Å²) in [6, 6.07) is 8.21. The van der Waals surface area contributed by atoms with E-state index in [0.29, 0.717) is 5.69 Å². The first-order chi connectivity index (χ1) is 14.7. The zero-order chi connectivity index (χ0) is 22.2. The SMILES string of the molecule is COc1ccc(Nc2ncc(F)c(Nc3ccc4c(c3)NC(=O)CS4(=O)=O)n2)cc1F. The van der Waals surface area contributed by atoms with Crippen molar-refractivity contribution in [3.63, 3.8) is 0 Å². The minimum Gasteiger partial charge on any atom is -0.494 e. The highest BCUT2D eigenvalue weighted by Gasteiger charge is 2.28. The maximum Gasteiger partial charge on any atom is 0.239 e. The van der Waals surface area contributed by atoms with E-state index in [1.807, 2.05) is 0 Å². The van der Waals surface area contributed by atoms with Gasteiger partial charge in [0.1, 0.15) is 5.75 Å². The first kappa shape index (κ1) is 20.5. The van der Waals surface area contributed by atoms with Crippen molar-refractivity contribution in [3.05, 3.63) is 54.2 Å². The standard InChI is InChI=1S/C19H15F2N5O4S/c1-30-15-4-2-10(6-12(15)20)24-19-22-8-13(21)18(26-19)23-11-3-5-16-14(7-11)25-17(27)9-31(16,28)29/h2-8H,9H2,1H3,(H,25,27)(H2,22,23,24,26). The van der Waals surface area contributed by atoms with E-state index >= 15 is 0 Å². The van der Waals surface area contributed by atoms with Gasteiger partial charge >= 0.3 is 0 Å². The predicted molar refractivity (Wildman–Crippen MR) is 109 cm³/mol. The monoisotopic (exact) mass is 447 g/mol. The topological polar surface area (TPSA) is 122 Å². The number of anilines is 5. The average Bonchev–Trinajstić information content (AvgIpc) is 2.69. The molecule has 12 heteroatoms. The van der Waals surface area contributed by atoms with Gasteiger partial charge in [0.25, 0.3) is 0 Å². The molecule has 160 valence electrons. The highest BCUT2D eigenvalue weighted by atomic mass is 32.2. The molecule has 0 saturated heterocycles. The van der Waals surface area contributed by atoms with Gasteiger partial charge in [0.2, 0.25) is 11.9 Å². The molecule has 0 aliphatic carbocycles. The Morgan fingerprint density at radius 3 is 2.55 bits per heavy atom. The second-order valence-electron chi connectivity index (χ2n) is 6.51. The van der Waals surface area contributed by atoms with E-state index in [1.54, 1.807) is 0 Å². The summed E-state index contributed by atoms with van der Waals surface area (Å²) in [5.41, 5.74) is 0.690. The van der Waals surface area contributed by atoms with E-state index in [4.69, 9.17) is 4.74 Å². The maximum atomic E-state index is 14.2. The molecular formula is C19H15F2N5O4S. The lowest BCUT2D eigenvalue weighted by Gasteiger charge is -2.18. The van der Waals surface area contributed by atoms with Crippen molar-refractivity contribution < 1.29 is 26.7 Å². The maximum absolute atomic E-state index is 14.2. The normalized spacial score (nSPS) is 14.4. The van der Waals surface area contributed by atoms with Gasteiger partial charge in [-0.1, -0.05) is 0 Å². The van der Waals surface area contributed by atoms with Crippen molar-refractivity contribution in [2.45, 2.75) is 4.90 Å². The van der Waals surface area contributed by atoms with Crippen LogP contribution in [-0.4, -0.2) is 37.2 Å². The Bertz CT molecular complexity index is 1300. The van der Waals surface area contributed by atoms with Crippen LogP contribution in [0.25, 0.3) is 0 Å². The van der Waals surface area contributed by atoms with Gasteiger partial charge in [-0.2, -0.15) is 4.98 Å². The van der Waals surface area contributed by atoms with E-state index in [0.717, 1.165) is 6.20 Å². The Hall–Kier alpha value is -3.80. The molecule has 0 atom stereocenters. The number of ether oxygens (including phenoxy) is 1. The molecule has 0 saturated carbocycles. The number of methoxy groups -OCH3 is 1. The molecule has 31 heavy (non-hydrogen) atoms. The smallest absolute Gasteiger partial charge is 0.239 e. The summed E-state index contributed by atoms with van der Waals surface area (Å²) in [5.74, 6) is -2.82. The number of rotatable bonds is 5. The van der Waals surface area contributed by atoms with Crippen LogP contribution < -0.4 is 20.7 Å². The van der Waals surface area contributed by atoms with Crippen molar-refractivity contribution in [1.29, 1.82) is 0 Å². The molecule has 1 aliphatic heterocycles. The first-order valence-electron chi connectivity index (χ1n) is 8.82. The number of nitrogens with zero attached hydrogens (tertiary/aromatic N) is 2. The lowest BCUT2D eigenvalue weighted by molar-refractivity contribution is -0.114. The van der Waals surface area contributed by atoms with Gasteiger partial charge < -0.3 is 20.7 Å². The summed E-state index contributed by atoms with van der Waals surface area (Å²) in [6.07, 6.45) is 0.919. The fourth-order valence-corrected chi connectivity index (χ4v) is 4.23. The van der Waals surface area contributed by atoms with E-state index < -0.39 is 33.1 Å². The number of halogens is 2. The van der Waals surface area contributed by atoms with E-state index in [-0.39, 0.29) is 33.8 Å². The second kappa shape index (κ2) is 7.80. The third-order valence-electron chi connectivity index (χ3n) is 4.32. The molecule has 4 rings (SSSR count). The third-order valence-corrected chi connectivity index (χ3v) is 5.99. The minimum absolute atomic E-state index is 0.0118. The van der Waals surface area contributed by atoms with Gasteiger partial charge in [-0.15, -0.1) is 0 Å². The second-order valence-corrected chi connectivity index (χ2v) is 8.47. The van der Waals surface area contributed by atoms with Crippen LogP contribution in [0.3, 0.4) is 0 Å². The highest BCUT2D eigenvalue weighted by molar-refractivity contribution is 7.92. The summed E-state index contributed by atoms with van der Waals surface area (Å²) in [7, 11) is -2.39. The van der Waals surface area contributed by atoms with Crippen molar-refractivity contribution >= 4 is 44.6 Å². The van der Waals surface area contributed by atoms with Crippen molar-refractivity contribution in [3.8, 4) is 5.75 Å². The van der Waals surface area contributed by atoms with Crippen molar-refractivity contribution in [2.24, 2.45) is 0 Å². The van der Waals surface area contributed by atoms with Crippen LogP contribution in [0.2, 0.25) is 0 Å². The zero-order valence-corrected chi connectivity index (χ0v) is 16.8. The molecule has 1 aromatic heterocycles. The number of carbonyl (C=O) groups is 1. The quantitative estimate of drug-likeness (QED) is 0.546. The van der Waals surface area contributed by atoms with Crippen LogP contribution >= 0.6 is 0 Å². The molecule has 0 fully saturated rings. The molecule has 9 nitrogen and oxygen atoms in total. The number of hydrogen-bond donors (Lipinski definition) is 3. The largest absolute Gasteiger partial charge is 0.494 e. The molecule has 2 heterocycles. The van der Waals surface area contributed by atoms with Crippen LogP contribution in [-0.2, 0) is 14.6 Å². The number of nitrogens with one attached hydrogen (secondary N) is 3. The minimum atomic E-state index is -3.73. The Morgan fingerprint density at radius 2 is 1.81 bits per heavy atom. The summed E-state index contributed by atoms with van der Waals surface area (Å²) in [6.45, 7) is 0. The number of benzene rings is 2. The average molecular weight is 447 g/mol. The molecule has 3 aromatic rings. The number of hydrogen-bond acceptors (Lipinski definition) is 8. The summed E-state index contributed by atoms with van der Waals surface area (Å²) in [4.78, 5) is 19.4. The van der Waals surface area contributed by atoms with Gasteiger partial charge in [0.05, 0.1) is 23.9 Å².